The summed E-state index contributed by atoms with van der Waals surface area (Å²) in [6.45, 7) is 2.00. The fourth-order valence-corrected chi connectivity index (χ4v) is 1.73. The number of amidine groups is 1. The van der Waals surface area contributed by atoms with Crippen molar-refractivity contribution in [2.24, 2.45) is 16.7 Å². The summed E-state index contributed by atoms with van der Waals surface area (Å²) in [5.74, 6) is 6.21. The summed E-state index contributed by atoms with van der Waals surface area (Å²) in [7, 11) is 0. The molecule has 0 radical (unpaired) electrons. The maximum atomic E-state index is 5.87. The van der Waals surface area contributed by atoms with Crippen LogP contribution in [0, 0.1) is 6.92 Å². The van der Waals surface area contributed by atoms with Crippen molar-refractivity contribution < 1.29 is 0 Å². The van der Waals surface area contributed by atoms with Crippen LogP contribution >= 0.6 is 0 Å². The lowest BCUT2D eigenvalue weighted by molar-refractivity contribution is 0.923. The van der Waals surface area contributed by atoms with Crippen molar-refractivity contribution in [3.63, 3.8) is 0 Å². The first kappa shape index (κ1) is 13.8. The van der Waals surface area contributed by atoms with E-state index in [1.54, 1.807) is 6.08 Å². The van der Waals surface area contributed by atoms with Gasteiger partial charge in [0.25, 0.3) is 0 Å². The van der Waals surface area contributed by atoms with Gasteiger partial charge in [0.05, 0.1) is 5.69 Å². The molecule has 2 aromatic carbocycles. The molecule has 4 N–H and O–H groups in total. The highest BCUT2D eigenvalue weighted by atomic mass is 15.6. The third-order valence-corrected chi connectivity index (χ3v) is 2.74. The van der Waals surface area contributed by atoms with Gasteiger partial charge in [-0.2, -0.15) is 5.12 Å². The Morgan fingerprint density at radius 1 is 1.10 bits per heavy atom. The molecule has 102 valence electrons. The maximum Gasteiger partial charge on any atom is 0.145 e. The van der Waals surface area contributed by atoms with Gasteiger partial charge in [-0.3, -0.25) is 0 Å². The normalized spacial score (nSPS) is 11.8. The number of nitrogens with two attached hydrogens (primary N) is 2. The summed E-state index contributed by atoms with van der Waals surface area (Å²) in [6.07, 6.45) is 3.62. The van der Waals surface area contributed by atoms with E-state index in [1.165, 1.54) is 5.12 Å². The fraction of sp³-hybridized carbons (Fsp3) is 0.0625. The highest BCUT2D eigenvalue weighted by Crippen LogP contribution is 2.12. The molecule has 0 atom stereocenters. The molecule has 0 fully saturated rings. The molecular weight excluding hydrogens is 248 g/mol. The van der Waals surface area contributed by atoms with Crippen LogP contribution in [0.4, 0.5) is 5.69 Å². The molecule has 0 amide bonds. The second-order valence-electron chi connectivity index (χ2n) is 4.45. The zero-order valence-electron chi connectivity index (χ0n) is 11.4. The van der Waals surface area contributed by atoms with Gasteiger partial charge in [0.2, 0.25) is 0 Å². The molecule has 0 bridgehead atoms. The van der Waals surface area contributed by atoms with E-state index < -0.39 is 0 Å². The number of hydrazine groups is 1. The van der Waals surface area contributed by atoms with Crippen molar-refractivity contribution in [3.8, 4) is 0 Å². The average Bonchev–Trinajstić information content (AvgIpc) is 2.46. The molecule has 0 spiro atoms. The van der Waals surface area contributed by atoms with Crippen LogP contribution in [0.5, 0.6) is 0 Å². The summed E-state index contributed by atoms with van der Waals surface area (Å²) in [6, 6.07) is 17.6. The Morgan fingerprint density at radius 2 is 1.85 bits per heavy atom. The second-order valence-corrected chi connectivity index (χ2v) is 4.45. The monoisotopic (exact) mass is 266 g/mol. The van der Waals surface area contributed by atoms with Crippen LogP contribution in [0.15, 0.2) is 65.8 Å². The molecule has 4 heteroatoms. The minimum atomic E-state index is 0.345. The Bertz CT molecular complexity index is 617. The average molecular weight is 266 g/mol. The summed E-state index contributed by atoms with van der Waals surface area (Å²) >= 11 is 0. The van der Waals surface area contributed by atoms with Crippen LogP contribution in [0.3, 0.4) is 0 Å². The number of benzene rings is 2. The first-order valence-corrected chi connectivity index (χ1v) is 6.34. The van der Waals surface area contributed by atoms with Crippen LogP contribution in [-0.2, 0) is 0 Å². The predicted molar refractivity (Wildman–Crippen MR) is 84.9 cm³/mol. The molecule has 20 heavy (non-hydrogen) atoms. The van der Waals surface area contributed by atoms with E-state index in [0.29, 0.717) is 5.84 Å². The number of rotatable bonds is 4. The largest absolute Gasteiger partial charge is 0.382 e. The van der Waals surface area contributed by atoms with E-state index in [4.69, 9.17) is 11.6 Å². The second kappa shape index (κ2) is 6.54. The van der Waals surface area contributed by atoms with Gasteiger partial charge < -0.3 is 5.73 Å². The zero-order chi connectivity index (χ0) is 14.4. The third kappa shape index (κ3) is 3.96. The van der Waals surface area contributed by atoms with Crippen molar-refractivity contribution in [1.29, 1.82) is 0 Å². The minimum absolute atomic E-state index is 0.345. The van der Waals surface area contributed by atoms with Crippen molar-refractivity contribution in [3.05, 3.63) is 71.8 Å². The highest BCUT2D eigenvalue weighted by molar-refractivity contribution is 5.95. The molecule has 0 unspecified atom stereocenters. The lowest BCUT2D eigenvalue weighted by atomic mass is 10.2. The Morgan fingerprint density at radius 3 is 2.55 bits per heavy atom. The Hall–Kier alpha value is -2.59. The van der Waals surface area contributed by atoms with Gasteiger partial charge in [0.15, 0.2) is 0 Å². The van der Waals surface area contributed by atoms with E-state index in [2.05, 4.69) is 5.10 Å². The van der Waals surface area contributed by atoms with E-state index in [-0.39, 0.29) is 0 Å². The van der Waals surface area contributed by atoms with E-state index in [9.17, 15) is 0 Å². The molecule has 0 aromatic heterocycles. The molecular formula is C16H18N4. The van der Waals surface area contributed by atoms with Crippen LogP contribution in [0.2, 0.25) is 0 Å². The Balaban J connectivity index is 2.08. The molecule has 4 nitrogen and oxygen atoms in total. The highest BCUT2D eigenvalue weighted by Gasteiger charge is 1.99. The number of hydrogen-bond donors (Lipinski definition) is 2. The van der Waals surface area contributed by atoms with Crippen LogP contribution in [-0.4, -0.2) is 5.84 Å². The quantitative estimate of drug-likeness (QED) is 0.387. The van der Waals surface area contributed by atoms with Gasteiger partial charge in [0.1, 0.15) is 5.84 Å². The molecule has 0 aliphatic heterocycles. The first-order chi connectivity index (χ1) is 9.65. The van der Waals surface area contributed by atoms with E-state index >= 15 is 0 Å². The lowest BCUT2D eigenvalue weighted by Gasteiger charge is -2.13. The van der Waals surface area contributed by atoms with Crippen LogP contribution in [0.1, 0.15) is 11.1 Å². The predicted octanol–water partition coefficient (Wildman–Crippen LogP) is 2.66. The summed E-state index contributed by atoms with van der Waals surface area (Å²) in [5, 5.41) is 5.40. The summed E-state index contributed by atoms with van der Waals surface area (Å²) in [5.41, 5.74) is 8.81. The molecule has 2 aromatic rings. The minimum Gasteiger partial charge on any atom is -0.382 e. The summed E-state index contributed by atoms with van der Waals surface area (Å²) < 4.78 is 0. The number of aryl methyl sites for hydroxylation is 1. The van der Waals surface area contributed by atoms with Crippen LogP contribution < -0.4 is 16.7 Å². The Labute approximate surface area is 119 Å². The molecule has 0 saturated carbocycles. The van der Waals surface area contributed by atoms with Crippen LogP contribution in [0.25, 0.3) is 6.08 Å². The third-order valence-electron chi connectivity index (χ3n) is 2.74. The number of hydrazone groups is 1. The van der Waals surface area contributed by atoms with Gasteiger partial charge in [-0.05, 0) is 36.3 Å². The molecule has 0 aliphatic carbocycles. The number of nitrogens with zero attached hydrogens (tertiary/aromatic N) is 2. The van der Waals surface area contributed by atoms with Crippen molar-refractivity contribution in [1.82, 2.24) is 0 Å². The zero-order valence-corrected chi connectivity index (χ0v) is 11.4. The number of hydrogen-bond acceptors (Lipinski definition) is 3. The van der Waals surface area contributed by atoms with Gasteiger partial charge in [-0.15, -0.1) is 5.10 Å². The Kier molecular flexibility index (Phi) is 4.52. The van der Waals surface area contributed by atoms with Gasteiger partial charge >= 0.3 is 0 Å². The van der Waals surface area contributed by atoms with Crippen molar-refractivity contribution >= 4 is 17.6 Å². The fourth-order valence-electron chi connectivity index (χ4n) is 1.73. The first-order valence-electron chi connectivity index (χ1n) is 6.34. The maximum absolute atomic E-state index is 5.87. The SMILES string of the molecule is Cc1cccc(N(N)/N=C(N)/C=C/c2ccccc2)c1. The van der Waals surface area contributed by atoms with Crippen molar-refractivity contribution in [2.75, 3.05) is 5.12 Å². The number of anilines is 1. The standard InChI is InChI=1S/C16H18N4/c1-13-6-5-9-15(12-13)20(18)19-16(17)11-10-14-7-3-2-4-8-14/h2-12H,18H2,1H3,(H2,17,19)/b11-10+. The molecule has 0 aliphatic rings. The van der Waals surface area contributed by atoms with Crippen molar-refractivity contribution in [2.45, 2.75) is 6.92 Å². The molecule has 0 saturated heterocycles. The molecule has 0 heterocycles. The smallest absolute Gasteiger partial charge is 0.145 e. The van der Waals surface area contributed by atoms with E-state index in [0.717, 1.165) is 16.8 Å². The van der Waals surface area contributed by atoms with E-state index in [1.807, 2.05) is 67.6 Å². The van der Waals surface area contributed by atoms with Gasteiger partial charge in [0, 0.05) is 0 Å². The lowest BCUT2D eigenvalue weighted by Crippen LogP contribution is -2.28. The topological polar surface area (TPSA) is 67.6 Å². The van der Waals surface area contributed by atoms with Gasteiger partial charge in [-0.25, -0.2) is 5.84 Å². The van der Waals surface area contributed by atoms with Gasteiger partial charge in [-0.1, -0.05) is 48.5 Å². The summed E-state index contributed by atoms with van der Waals surface area (Å²) in [4.78, 5) is 0. The molecule has 2 rings (SSSR count).